The summed E-state index contributed by atoms with van der Waals surface area (Å²) in [5.41, 5.74) is 0.861. The Morgan fingerprint density at radius 2 is 1.96 bits per heavy atom. The topological polar surface area (TPSA) is 49.9 Å². The largest absolute Gasteiger partial charge is 0.370 e. The van der Waals surface area contributed by atoms with Crippen LogP contribution in [0.2, 0.25) is 0 Å². The molecule has 2 atom stereocenters. The lowest BCUT2D eigenvalue weighted by Gasteiger charge is -2.34. The molecule has 1 aromatic carbocycles. The molecule has 2 amide bonds. The van der Waals surface area contributed by atoms with Gasteiger partial charge in [-0.3, -0.25) is 9.59 Å². The third-order valence-electron chi connectivity index (χ3n) is 4.75. The zero-order valence-electron chi connectivity index (χ0n) is 14.1. The van der Waals surface area contributed by atoms with Crippen LogP contribution in [0, 0.1) is 11.7 Å². The third-order valence-corrected chi connectivity index (χ3v) is 4.75. The van der Waals surface area contributed by atoms with E-state index in [2.05, 4.69) is 0 Å². The normalized spacial score (nSPS) is 24.8. The van der Waals surface area contributed by atoms with E-state index in [4.69, 9.17) is 4.74 Å². The number of carbonyl (C=O) groups excluding carboxylic acids is 2. The van der Waals surface area contributed by atoms with Gasteiger partial charge in [0.15, 0.2) is 0 Å². The molecule has 0 saturated carbocycles. The van der Waals surface area contributed by atoms with E-state index in [1.54, 1.807) is 21.9 Å². The van der Waals surface area contributed by atoms with Gasteiger partial charge in [0, 0.05) is 25.6 Å². The molecule has 6 heteroatoms. The van der Waals surface area contributed by atoms with Gasteiger partial charge in [-0.15, -0.1) is 0 Å². The zero-order chi connectivity index (χ0) is 17.3. The molecular formula is C18H23FN2O3. The zero-order valence-corrected chi connectivity index (χ0v) is 14.1. The van der Waals surface area contributed by atoms with Crippen LogP contribution in [-0.2, 0) is 14.3 Å². The summed E-state index contributed by atoms with van der Waals surface area (Å²) in [5, 5.41) is 0. The summed E-state index contributed by atoms with van der Waals surface area (Å²) in [6.07, 6.45) is 0.0388. The van der Waals surface area contributed by atoms with Crippen LogP contribution in [0.4, 0.5) is 4.39 Å². The van der Waals surface area contributed by atoms with Crippen molar-refractivity contribution in [1.29, 1.82) is 0 Å². The monoisotopic (exact) mass is 334 g/mol. The number of likely N-dealkylation sites (tertiary alicyclic amines) is 1. The van der Waals surface area contributed by atoms with Crippen molar-refractivity contribution in [3.63, 3.8) is 0 Å². The second-order valence-electron chi connectivity index (χ2n) is 6.74. The SMILES string of the molecule is CC(C)N1CC(C(=O)N2CCOC(c3ccc(F)cc3)C2)CC1=O. The first-order valence-corrected chi connectivity index (χ1v) is 8.41. The molecular weight excluding hydrogens is 311 g/mol. The smallest absolute Gasteiger partial charge is 0.228 e. The second-order valence-corrected chi connectivity index (χ2v) is 6.74. The van der Waals surface area contributed by atoms with Crippen molar-refractivity contribution in [2.24, 2.45) is 5.92 Å². The minimum Gasteiger partial charge on any atom is -0.370 e. The van der Waals surface area contributed by atoms with Gasteiger partial charge in [0.2, 0.25) is 11.8 Å². The molecule has 2 saturated heterocycles. The van der Waals surface area contributed by atoms with Crippen LogP contribution >= 0.6 is 0 Å². The quantitative estimate of drug-likeness (QED) is 0.849. The van der Waals surface area contributed by atoms with Crippen molar-refractivity contribution < 1.29 is 18.7 Å². The fourth-order valence-corrected chi connectivity index (χ4v) is 3.38. The van der Waals surface area contributed by atoms with Gasteiger partial charge < -0.3 is 14.5 Å². The molecule has 2 fully saturated rings. The summed E-state index contributed by atoms with van der Waals surface area (Å²) in [5.74, 6) is -0.499. The van der Waals surface area contributed by atoms with Crippen LogP contribution in [-0.4, -0.2) is 53.9 Å². The van der Waals surface area contributed by atoms with E-state index in [1.165, 1.54) is 12.1 Å². The highest BCUT2D eigenvalue weighted by molar-refractivity contribution is 5.89. The van der Waals surface area contributed by atoms with Crippen LogP contribution < -0.4 is 0 Å². The van der Waals surface area contributed by atoms with Crippen molar-refractivity contribution in [3.05, 3.63) is 35.6 Å². The number of nitrogens with zero attached hydrogens (tertiary/aromatic N) is 2. The van der Waals surface area contributed by atoms with Crippen molar-refractivity contribution in [2.75, 3.05) is 26.2 Å². The number of amides is 2. The number of halogens is 1. The summed E-state index contributed by atoms with van der Waals surface area (Å²) in [6, 6.07) is 6.29. The molecule has 0 N–H and O–H groups in total. The maximum Gasteiger partial charge on any atom is 0.228 e. The van der Waals surface area contributed by atoms with E-state index in [9.17, 15) is 14.0 Å². The van der Waals surface area contributed by atoms with Gasteiger partial charge >= 0.3 is 0 Å². The lowest BCUT2D eigenvalue weighted by molar-refractivity contribution is -0.143. The predicted molar refractivity (Wildman–Crippen MR) is 86.6 cm³/mol. The Morgan fingerprint density at radius 1 is 1.25 bits per heavy atom. The standard InChI is InChI=1S/C18H23FN2O3/c1-12(2)21-10-14(9-17(21)22)18(23)20-7-8-24-16(11-20)13-3-5-15(19)6-4-13/h3-6,12,14,16H,7-11H2,1-2H3. The Kier molecular flexibility index (Phi) is 4.85. The summed E-state index contributed by atoms with van der Waals surface area (Å²) >= 11 is 0. The Hall–Kier alpha value is -1.95. The van der Waals surface area contributed by atoms with Crippen LogP contribution in [0.5, 0.6) is 0 Å². The summed E-state index contributed by atoms with van der Waals surface area (Å²) in [4.78, 5) is 28.3. The molecule has 0 spiro atoms. The molecule has 24 heavy (non-hydrogen) atoms. The number of hydrogen-bond acceptors (Lipinski definition) is 3. The van der Waals surface area contributed by atoms with Gasteiger partial charge in [-0.25, -0.2) is 4.39 Å². The van der Waals surface area contributed by atoms with Gasteiger partial charge in [-0.2, -0.15) is 0 Å². The second kappa shape index (κ2) is 6.89. The lowest BCUT2D eigenvalue weighted by atomic mass is 10.0. The van der Waals surface area contributed by atoms with Crippen molar-refractivity contribution >= 4 is 11.8 Å². The molecule has 2 heterocycles. The average molecular weight is 334 g/mol. The maximum absolute atomic E-state index is 13.1. The third kappa shape index (κ3) is 3.43. The number of rotatable bonds is 3. The molecule has 0 radical (unpaired) electrons. The Labute approximate surface area is 141 Å². The maximum atomic E-state index is 13.1. The highest BCUT2D eigenvalue weighted by Crippen LogP contribution is 2.27. The minimum atomic E-state index is -0.291. The van der Waals surface area contributed by atoms with E-state index in [0.717, 1.165) is 5.56 Å². The van der Waals surface area contributed by atoms with Crippen LogP contribution in [0.3, 0.4) is 0 Å². The average Bonchev–Trinajstić information content (AvgIpc) is 2.97. The van der Waals surface area contributed by atoms with Gasteiger partial charge in [-0.1, -0.05) is 12.1 Å². The highest BCUT2D eigenvalue weighted by Gasteiger charge is 2.38. The summed E-state index contributed by atoms with van der Waals surface area (Å²) < 4.78 is 18.8. The Morgan fingerprint density at radius 3 is 2.58 bits per heavy atom. The molecule has 0 aliphatic carbocycles. The minimum absolute atomic E-state index is 0.0157. The summed E-state index contributed by atoms with van der Waals surface area (Å²) in [7, 11) is 0. The molecule has 3 rings (SSSR count). The van der Waals surface area contributed by atoms with Gasteiger partial charge in [0.1, 0.15) is 11.9 Å². The molecule has 1 aromatic rings. The van der Waals surface area contributed by atoms with E-state index in [1.807, 2.05) is 13.8 Å². The molecule has 2 aliphatic rings. The summed E-state index contributed by atoms with van der Waals surface area (Å²) in [6.45, 7) is 5.84. The van der Waals surface area contributed by atoms with Crippen LogP contribution in [0.1, 0.15) is 31.9 Å². The molecule has 0 aromatic heterocycles. The number of benzene rings is 1. The van der Waals surface area contributed by atoms with E-state index >= 15 is 0 Å². The number of carbonyl (C=O) groups is 2. The Bertz CT molecular complexity index is 617. The first-order chi connectivity index (χ1) is 11.5. The van der Waals surface area contributed by atoms with E-state index in [0.29, 0.717) is 26.2 Å². The van der Waals surface area contributed by atoms with Gasteiger partial charge in [0.25, 0.3) is 0 Å². The molecule has 2 unspecified atom stereocenters. The highest BCUT2D eigenvalue weighted by atomic mass is 19.1. The van der Waals surface area contributed by atoms with E-state index in [-0.39, 0.29) is 42.1 Å². The lowest BCUT2D eigenvalue weighted by Crippen LogP contribution is -2.45. The number of hydrogen-bond donors (Lipinski definition) is 0. The van der Waals surface area contributed by atoms with Crippen molar-refractivity contribution in [2.45, 2.75) is 32.4 Å². The van der Waals surface area contributed by atoms with Crippen LogP contribution in [0.15, 0.2) is 24.3 Å². The van der Waals surface area contributed by atoms with Crippen molar-refractivity contribution in [1.82, 2.24) is 9.80 Å². The molecule has 0 bridgehead atoms. The first-order valence-electron chi connectivity index (χ1n) is 8.41. The molecule has 130 valence electrons. The van der Waals surface area contributed by atoms with Crippen molar-refractivity contribution in [3.8, 4) is 0 Å². The van der Waals surface area contributed by atoms with Gasteiger partial charge in [0.05, 0.1) is 19.1 Å². The fourth-order valence-electron chi connectivity index (χ4n) is 3.38. The molecule has 2 aliphatic heterocycles. The van der Waals surface area contributed by atoms with E-state index < -0.39 is 0 Å². The fraction of sp³-hybridized carbons (Fsp3) is 0.556. The first kappa shape index (κ1) is 16.9. The number of ether oxygens (including phenoxy) is 1. The Balaban J connectivity index is 1.65. The van der Waals surface area contributed by atoms with Crippen LogP contribution in [0.25, 0.3) is 0 Å². The predicted octanol–water partition coefficient (Wildman–Crippen LogP) is 1.98. The number of morpholine rings is 1. The van der Waals surface area contributed by atoms with Gasteiger partial charge in [-0.05, 0) is 31.5 Å². The molecule has 5 nitrogen and oxygen atoms in total.